The van der Waals surface area contributed by atoms with E-state index in [4.69, 9.17) is 9.84 Å². The molecule has 1 N–H and O–H groups in total. The number of carbonyl (C=O) groups is 1. The predicted octanol–water partition coefficient (Wildman–Crippen LogP) is 2.65. The van der Waals surface area contributed by atoms with Crippen molar-refractivity contribution in [2.45, 2.75) is 13.2 Å². The van der Waals surface area contributed by atoms with E-state index in [-0.39, 0.29) is 12.2 Å². The van der Waals surface area contributed by atoms with Crippen molar-refractivity contribution < 1.29 is 14.6 Å². The molecule has 5 nitrogen and oxygen atoms in total. The largest absolute Gasteiger partial charge is 0.478 e. The van der Waals surface area contributed by atoms with Gasteiger partial charge in [-0.25, -0.2) is 14.8 Å². The first kappa shape index (κ1) is 13.6. The molecule has 0 saturated heterocycles. The van der Waals surface area contributed by atoms with Crippen molar-refractivity contribution in [3.8, 4) is 0 Å². The molecule has 0 fully saturated rings. The van der Waals surface area contributed by atoms with E-state index in [0.29, 0.717) is 12.3 Å². The lowest BCUT2D eigenvalue weighted by molar-refractivity contribution is 0.0681. The summed E-state index contributed by atoms with van der Waals surface area (Å²) in [6.07, 6.45) is 2.58. The van der Waals surface area contributed by atoms with Crippen molar-refractivity contribution in [1.29, 1.82) is 0 Å². The van der Waals surface area contributed by atoms with Crippen LogP contribution < -0.4 is 0 Å². The summed E-state index contributed by atoms with van der Waals surface area (Å²) in [7, 11) is 0. The van der Waals surface area contributed by atoms with Crippen LogP contribution in [0.15, 0.2) is 41.3 Å². The maximum atomic E-state index is 11.0. The molecule has 0 atom stereocenters. The van der Waals surface area contributed by atoms with E-state index in [1.165, 1.54) is 12.5 Å². The number of hydrogen-bond acceptors (Lipinski definition) is 4. The van der Waals surface area contributed by atoms with Crippen molar-refractivity contribution in [3.63, 3.8) is 0 Å². The number of rotatable bonds is 5. The molecule has 6 heteroatoms. The van der Waals surface area contributed by atoms with E-state index >= 15 is 0 Å². The highest BCUT2D eigenvalue weighted by Crippen LogP contribution is 2.12. The number of carboxylic acid groups (broad SMARTS) is 1. The number of benzene rings is 1. The van der Waals surface area contributed by atoms with Gasteiger partial charge >= 0.3 is 5.97 Å². The van der Waals surface area contributed by atoms with Crippen molar-refractivity contribution in [2.24, 2.45) is 0 Å². The van der Waals surface area contributed by atoms with Gasteiger partial charge in [0.15, 0.2) is 0 Å². The minimum Gasteiger partial charge on any atom is -0.478 e. The summed E-state index contributed by atoms with van der Waals surface area (Å²) in [5, 5.41) is 8.97. The average Bonchev–Trinajstić information content (AvgIpc) is 2.41. The third-order valence-corrected chi connectivity index (χ3v) is 2.97. The monoisotopic (exact) mass is 322 g/mol. The fourth-order valence-electron chi connectivity index (χ4n) is 1.49. The summed E-state index contributed by atoms with van der Waals surface area (Å²) in [4.78, 5) is 18.6. The minimum absolute atomic E-state index is 0.0679. The summed E-state index contributed by atoms with van der Waals surface area (Å²) >= 11 is 3.35. The van der Waals surface area contributed by atoms with Gasteiger partial charge in [-0.05, 0) is 17.7 Å². The van der Waals surface area contributed by atoms with E-state index in [1.54, 1.807) is 0 Å². The zero-order valence-electron chi connectivity index (χ0n) is 9.91. The first-order valence-corrected chi connectivity index (χ1v) is 6.30. The minimum atomic E-state index is -1.05. The molecule has 0 aliphatic heterocycles. The van der Waals surface area contributed by atoms with E-state index in [2.05, 4.69) is 25.9 Å². The summed E-state index contributed by atoms with van der Waals surface area (Å²) in [5.41, 5.74) is 1.45. The van der Waals surface area contributed by atoms with E-state index in [9.17, 15) is 4.79 Å². The van der Waals surface area contributed by atoms with Crippen LogP contribution in [-0.4, -0.2) is 21.0 Å². The molecule has 0 saturated carbocycles. The molecule has 0 aliphatic rings. The number of ether oxygens (including phenoxy) is 1. The molecule has 0 spiro atoms. The molecular formula is C13H11BrN2O3. The topological polar surface area (TPSA) is 72.3 Å². The lowest BCUT2D eigenvalue weighted by Crippen LogP contribution is -2.07. The Labute approximate surface area is 118 Å². The number of halogens is 1. The van der Waals surface area contributed by atoms with Crippen LogP contribution in [0.2, 0.25) is 0 Å². The second-order valence-electron chi connectivity index (χ2n) is 3.81. The van der Waals surface area contributed by atoms with Crippen LogP contribution in [0, 0.1) is 0 Å². The van der Waals surface area contributed by atoms with E-state index in [0.717, 1.165) is 10.0 Å². The standard InChI is InChI=1S/C13H11BrN2O3/c14-10-3-1-9(2-4-10)6-19-7-12-11(13(17)18)5-15-8-16-12/h1-5,8H,6-7H2,(H,17,18). The molecule has 2 rings (SSSR count). The first-order chi connectivity index (χ1) is 9.16. The SMILES string of the molecule is O=C(O)c1cncnc1COCc1ccc(Br)cc1. The van der Waals surface area contributed by atoms with Crippen LogP contribution in [0.25, 0.3) is 0 Å². The van der Waals surface area contributed by atoms with Gasteiger partial charge in [0.25, 0.3) is 0 Å². The molecule has 0 aliphatic carbocycles. The third-order valence-electron chi connectivity index (χ3n) is 2.45. The quantitative estimate of drug-likeness (QED) is 0.916. The Hall–Kier alpha value is -1.79. The lowest BCUT2D eigenvalue weighted by Gasteiger charge is -2.06. The molecule has 0 radical (unpaired) electrons. The highest BCUT2D eigenvalue weighted by Gasteiger charge is 2.11. The van der Waals surface area contributed by atoms with Crippen molar-refractivity contribution >= 4 is 21.9 Å². The van der Waals surface area contributed by atoms with Gasteiger partial charge in [0.2, 0.25) is 0 Å². The van der Waals surface area contributed by atoms with Gasteiger partial charge in [0.05, 0.1) is 18.9 Å². The zero-order chi connectivity index (χ0) is 13.7. The van der Waals surface area contributed by atoms with Crippen LogP contribution >= 0.6 is 15.9 Å². The lowest BCUT2D eigenvalue weighted by atomic mass is 10.2. The molecule has 0 amide bonds. The number of aromatic nitrogens is 2. The van der Waals surface area contributed by atoms with Gasteiger partial charge in [-0.1, -0.05) is 28.1 Å². The Morgan fingerprint density at radius 2 is 2.00 bits per heavy atom. The molecule has 1 aromatic carbocycles. The van der Waals surface area contributed by atoms with E-state index in [1.807, 2.05) is 24.3 Å². The van der Waals surface area contributed by atoms with Crippen molar-refractivity contribution in [2.75, 3.05) is 0 Å². The fraction of sp³-hybridized carbons (Fsp3) is 0.154. The van der Waals surface area contributed by atoms with Crippen LogP contribution in [0.1, 0.15) is 21.6 Å². The molecule has 19 heavy (non-hydrogen) atoms. The van der Waals surface area contributed by atoms with Crippen LogP contribution in [0.4, 0.5) is 0 Å². The fourth-order valence-corrected chi connectivity index (χ4v) is 1.76. The summed E-state index contributed by atoms with van der Waals surface area (Å²) in [6, 6.07) is 7.71. The number of hydrogen-bond donors (Lipinski definition) is 1. The molecule has 98 valence electrons. The maximum absolute atomic E-state index is 11.0. The Morgan fingerprint density at radius 3 is 2.68 bits per heavy atom. The number of carboxylic acids is 1. The molecule has 1 aromatic heterocycles. The van der Waals surface area contributed by atoms with Gasteiger partial charge in [-0.2, -0.15) is 0 Å². The first-order valence-electron chi connectivity index (χ1n) is 5.51. The molecular weight excluding hydrogens is 312 g/mol. The maximum Gasteiger partial charge on any atom is 0.339 e. The highest BCUT2D eigenvalue weighted by atomic mass is 79.9. The van der Waals surface area contributed by atoms with Gasteiger partial charge < -0.3 is 9.84 Å². The van der Waals surface area contributed by atoms with Crippen molar-refractivity contribution in [3.05, 3.63) is 58.1 Å². The summed E-state index contributed by atoms with van der Waals surface area (Å²) in [5.74, 6) is -1.05. The smallest absolute Gasteiger partial charge is 0.339 e. The average molecular weight is 323 g/mol. The Morgan fingerprint density at radius 1 is 1.26 bits per heavy atom. The summed E-state index contributed by atoms with van der Waals surface area (Å²) < 4.78 is 6.47. The predicted molar refractivity (Wildman–Crippen MR) is 71.6 cm³/mol. The number of aromatic carboxylic acids is 1. The Kier molecular flexibility index (Phi) is 4.59. The van der Waals surface area contributed by atoms with Crippen molar-refractivity contribution in [1.82, 2.24) is 9.97 Å². The van der Waals surface area contributed by atoms with Crippen LogP contribution in [0.3, 0.4) is 0 Å². The molecule has 0 bridgehead atoms. The molecule has 2 aromatic rings. The zero-order valence-corrected chi connectivity index (χ0v) is 11.5. The highest BCUT2D eigenvalue weighted by molar-refractivity contribution is 9.10. The third kappa shape index (κ3) is 3.84. The van der Waals surface area contributed by atoms with Gasteiger partial charge in [0.1, 0.15) is 11.9 Å². The number of nitrogens with zero attached hydrogens (tertiary/aromatic N) is 2. The normalized spacial score (nSPS) is 10.4. The molecule has 0 unspecified atom stereocenters. The van der Waals surface area contributed by atoms with Gasteiger partial charge in [-0.3, -0.25) is 0 Å². The van der Waals surface area contributed by atoms with Gasteiger partial charge in [0, 0.05) is 10.7 Å². The Bertz CT molecular complexity index is 572. The Balaban J connectivity index is 1.96. The second-order valence-corrected chi connectivity index (χ2v) is 4.72. The van der Waals surface area contributed by atoms with E-state index < -0.39 is 5.97 Å². The summed E-state index contributed by atoms with van der Waals surface area (Å²) in [6.45, 7) is 0.538. The second kappa shape index (κ2) is 6.40. The van der Waals surface area contributed by atoms with Crippen LogP contribution in [-0.2, 0) is 18.0 Å². The van der Waals surface area contributed by atoms with Gasteiger partial charge in [-0.15, -0.1) is 0 Å². The van der Waals surface area contributed by atoms with Crippen LogP contribution in [0.5, 0.6) is 0 Å². The molecule has 1 heterocycles.